The highest BCUT2D eigenvalue weighted by atomic mass is 16.2. The Hall–Kier alpha value is -2.05. The maximum absolute atomic E-state index is 12.2. The molecular formula is C13H21N5O2. The van der Waals surface area contributed by atoms with Gasteiger partial charge in [-0.05, 0) is 12.8 Å². The summed E-state index contributed by atoms with van der Waals surface area (Å²) in [7, 11) is 1.74. The van der Waals surface area contributed by atoms with E-state index < -0.39 is 0 Å². The number of carbonyl (C=O) groups excluding carboxylic acids is 2. The second-order valence-corrected chi connectivity index (χ2v) is 5.20. The molecule has 7 nitrogen and oxygen atoms in total. The predicted molar refractivity (Wildman–Crippen MR) is 75.1 cm³/mol. The average molecular weight is 279 g/mol. The summed E-state index contributed by atoms with van der Waals surface area (Å²) in [6.45, 7) is 2.56. The molecule has 4 N–H and O–H groups in total. The predicted octanol–water partition coefficient (Wildman–Crippen LogP) is 0.295. The first-order valence-corrected chi connectivity index (χ1v) is 6.90. The van der Waals surface area contributed by atoms with Gasteiger partial charge in [0.15, 0.2) is 5.69 Å². The monoisotopic (exact) mass is 279 g/mol. The van der Waals surface area contributed by atoms with Crippen LogP contribution in [0, 0.1) is 0 Å². The fraction of sp³-hybridized carbons (Fsp3) is 0.615. The van der Waals surface area contributed by atoms with Crippen LogP contribution >= 0.6 is 0 Å². The summed E-state index contributed by atoms with van der Waals surface area (Å²) in [5.41, 5.74) is 7.39. The Morgan fingerprint density at radius 3 is 3.00 bits per heavy atom. The van der Waals surface area contributed by atoms with E-state index in [9.17, 15) is 9.59 Å². The molecule has 2 rings (SSSR count). The molecule has 0 spiro atoms. The lowest BCUT2D eigenvalue weighted by molar-refractivity contribution is -0.132. The number of aromatic amines is 1. The smallest absolute Gasteiger partial charge is 0.274 e. The molecule has 1 atom stereocenters. The lowest BCUT2D eigenvalue weighted by Crippen LogP contribution is -2.48. The van der Waals surface area contributed by atoms with Gasteiger partial charge in [0, 0.05) is 26.1 Å². The quantitative estimate of drug-likeness (QED) is 0.737. The van der Waals surface area contributed by atoms with E-state index in [1.54, 1.807) is 11.9 Å². The maximum atomic E-state index is 12.2. The molecule has 110 valence electrons. The van der Waals surface area contributed by atoms with Crippen molar-refractivity contribution in [3.8, 4) is 0 Å². The number of carbonyl (C=O) groups is 2. The van der Waals surface area contributed by atoms with Gasteiger partial charge in [-0.25, -0.2) is 0 Å². The number of amides is 2. The van der Waals surface area contributed by atoms with Crippen molar-refractivity contribution in [1.82, 2.24) is 20.4 Å². The molecule has 1 aromatic rings. The van der Waals surface area contributed by atoms with Crippen LogP contribution in [0.25, 0.3) is 0 Å². The highest BCUT2D eigenvalue weighted by Gasteiger charge is 2.26. The summed E-state index contributed by atoms with van der Waals surface area (Å²) in [5.74, 6) is -0.172. The molecule has 7 heteroatoms. The van der Waals surface area contributed by atoms with E-state index in [2.05, 4.69) is 15.5 Å². The van der Waals surface area contributed by atoms with Gasteiger partial charge in [0.05, 0.1) is 11.4 Å². The van der Waals surface area contributed by atoms with Crippen LogP contribution < -0.4 is 11.1 Å². The molecule has 0 aliphatic carbocycles. The second-order valence-electron chi connectivity index (χ2n) is 5.20. The van der Waals surface area contributed by atoms with Gasteiger partial charge in [-0.2, -0.15) is 5.10 Å². The van der Waals surface area contributed by atoms with Gasteiger partial charge in [0.2, 0.25) is 5.91 Å². The van der Waals surface area contributed by atoms with Gasteiger partial charge in [0.25, 0.3) is 5.91 Å². The number of likely N-dealkylation sites (tertiary alicyclic amines) is 1. The molecule has 1 aliphatic rings. The molecule has 2 amide bonds. The molecule has 1 unspecified atom stereocenters. The van der Waals surface area contributed by atoms with Crippen molar-refractivity contribution in [3.63, 3.8) is 0 Å². The zero-order valence-electron chi connectivity index (χ0n) is 11.9. The highest BCUT2D eigenvalue weighted by molar-refractivity contribution is 5.97. The van der Waals surface area contributed by atoms with Crippen LogP contribution in [-0.4, -0.2) is 46.5 Å². The van der Waals surface area contributed by atoms with Crippen molar-refractivity contribution in [2.45, 2.75) is 38.6 Å². The number of hydrogen-bond acceptors (Lipinski definition) is 4. The van der Waals surface area contributed by atoms with E-state index in [0.29, 0.717) is 25.1 Å². The summed E-state index contributed by atoms with van der Waals surface area (Å²) in [6, 6.07) is -0.0454. The van der Waals surface area contributed by atoms with Crippen LogP contribution in [0.4, 0.5) is 5.69 Å². The van der Waals surface area contributed by atoms with Gasteiger partial charge in [0.1, 0.15) is 0 Å². The molecule has 0 bridgehead atoms. The number of nitrogen functional groups attached to an aromatic ring is 1. The summed E-state index contributed by atoms with van der Waals surface area (Å²) in [5, 5.41) is 9.69. The number of H-pyrrole nitrogens is 1. The first-order chi connectivity index (χ1) is 9.52. The lowest BCUT2D eigenvalue weighted by atomic mass is 10.1. The Morgan fingerprint density at radius 1 is 1.60 bits per heavy atom. The van der Waals surface area contributed by atoms with Gasteiger partial charge < -0.3 is 16.0 Å². The molecule has 1 fully saturated rings. The van der Waals surface area contributed by atoms with Gasteiger partial charge in [-0.15, -0.1) is 0 Å². The molecule has 0 saturated carbocycles. The highest BCUT2D eigenvalue weighted by Crippen LogP contribution is 2.16. The van der Waals surface area contributed by atoms with Crippen LogP contribution in [0.2, 0.25) is 0 Å². The zero-order chi connectivity index (χ0) is 14.7. The van der Waals surface area contributed by atoms with Crippen LogP contribution in [-0.2, 0) is 11.2 Å². The summed E-state index contributed by atoms with van der Waals surface area (Å²) >= 11 is 0. The molecular weight excluding hydrogens is 258 g/mol. The number of nitrogens with one attached hydrogen (secondary N) is 2. The topological polar surface area (TPSA) is 104 Å². The number of nitrogens with zero attached hydrogens (tertiary/aromatic N) is 2. The average Bonchev–Trinajstić information content (AvgIpc) is 2.76. The minimum absolute atomic E-state index is 0.0454. The lowest BCUT2D eigenvalue weighted by Gasteiger charge is -2.29. The Labute approximate surface area is 117 Å². The molecule has 0 radical (unpaired) electrons. The molecule has 1 aliphatic heterocycles. The van der Waals surface area contributed by atoms with Crippen molar-refractivity contribution in [2.24, 2.45) is 0 Å². The van der Waals surface area contributed by atoms with E-state index >= 15 is 0 Å². The number of piperidine rings is 1. The van der Waals surface area contributed by atoms with Crippen molar-refractivity contribution < 1.29 is 9.59 Å². The van der Waals surface area contributed by atoms with Crippen molar-refractivity contribution in [1.29, 1.82) is 0 Å². The molecule has 20 heavy (non-hydrogen) atoms. The Bertz CT molecular complexity index is 511. The largest absolute Gasteiger partial charge is 0.395 e. The van der Waals surface area contributed by atoms with Crippen molar-refractivity contribution in [2.75, 3.05) is 19.3 Å². The Morgan fingerprint density at radius 2 is 2.35 bits per heavy atom. The first-order valence-electron chi connectivity index (χ1n) is 6.90. The second kappa shape index (κ2) is 5.94. The fourth-order valence-electron chi connectivity index (χ4n) is 2.38. The Kier molecular flexibility index (Phi) is 4.26. The number of hydrogen-bond donors (Lipinski definition) is 3. The molecule has 1 saturated heterocycles. The third-order valence-electron chi connectivity index (χ3n) is 3.56. The van der Waals surface area contributed by atoms with E-state index in [0.717, 1.165) is 18.5 Å². The fourth-order valence-corrected chi connectivity index (χ4v) is 2.38. The Balaban J connectivity index is 2.00. The normalized spacial score (nSPS) is 19.2. The van der Waals surface area contributed by atoms with Crippen LogP contribution in [0.3, 0.4) is 0 Å². The van der Waals surface area contributed by atoms with Crippen LogP contribution in [0.5, 0.6) is 0 Å². The SMILES string of the molecule is CCCc1[nH]nc(C(=O)NC2CCC(=O)N(C)C2)c1N. The maximum Gasteiger partial charge on any atom is 0.274 e. The van der Waals surface area contributed by atoms with Crippen LogP contribution in [0.1, 0.15) is 42.4 Å². The number of aryl methyl sites for hydroxylation is 1. The van der Waals surface area contributed by atoms with Gasteiger partial charge >= 0.3 is 0 Å². The number of likely N-dealkylation sites (N-methyl/N-ethyl adjacent to an activating group) is 1. The van der Waals surface area contributed by atoms with E-state index in [1.807, 2.05) is 6.92 Å². The minimum atomic E-state index is -0.283. The minimum Gasteiger partial charge on any atom is -0.395 e. The van der Waals surface area contributed by atoms with E-state index in [-0.39, 0.29) is 23.6 Å². The van der Waals surface area contributed by atoms with E-state index in [1.165, 1.54) is 0 Å². The van der Waals surface area contributed by atoms with Gasteiger partial charge in [-0.1, -0.05) is 13.3 Å². The molecule has 0 aromatic carbocycles. The van der Waals surface area contributed by atoms with Crippen LogP contribution in [0.15, 0.2) is 0 Å². The summed E-state index contributed by atoms with van der Waals surface area (Å²) in [6.07, 6.45) is 2.81. The van der Waals surface area contributed by atoms with Gasteiger partial charge in [-0.3, -0.25) is 14.7 Å². The van der Waals surface area contributed by atoms with Crippen molar-refractivity contribution in [3.05, 3.63) is 11.4 Å². The number of anilines is 1. The molecule has 2 heterocycles. The first kappa shape index (κ1) is 14.4. The van der Waals surface area contributed by atoms with Crippen molar-refractivity contribution >= 4 is 17.5 Å². The van der Waals surface area contributed by atoms with E-state index in [4.69, 9.17) is 5.73 Å². The number of rotatable bonds is 4. The third kappa shape index (κ3) is 2.92. The molecule has 1 aromatic heterocycles. The third-order valence-corrected chi connectivity index (χ3v) is 3.56. The zero-order valence-corrected chi connectivity index (χ0v) is 11.9. The standard InChI is InChI=1S/C13H21N5O2/c1-3-4-9-11(14)12(17-16-9)13(20)15-8-5-6-10(19)18(2)7-8/h8H,3-7,14H2,1-2H3,(H,15,20)(H,16,17). The number of aromatic nitrogens is 2. The summed E-state index contributed by atoms with van der Waals surface area (Å²) < 4.78 is 0. The summed E-state index contributed by atoms with van der Waals surface area (Å²) in [4.78, 5) is 25.2. The number of nitrogens with two attached hydrogens (primary N) is 1.